The molecular weight excluding hydrogens is 405 g/mol. The van der Waals surface area contributed by atoms with Gasteiger partial charge in [0, 0.05) is 5.69 Å². The summed E-state index contributed by atoms with van der Waals surface area (Å²) in [5.41, 5.74) is 1.01. The Kier molecular flexibility index (Phi) is 6.62. The van der Waals surface area contributed by atoms with Gasteiger partial charge in [0.25, 0.3) is 0 Å². The summed E-state index contributed by atoms with van der Waals surface area (Å²) >= 11 is 0. The van der Waals surface area contributed by atoms with Crippen LogP contribution in [0.4, 0.5) is 24.5 Å². The molecule has 0 bridgehead atoms. The second kappa shape index (κ2) is 8.44. The highest BCUT2D eigenvalue weighted by molar-refractivity contribution is 7.92. The molecule has 0 saturated heterocycles. The summed E-state index contributed by atoms with van der Waals surface area (Å²) in [6.07, 6.45) is -3.43. The van der Waals surface area contributed by atoms with Gasteiger partial charge in [0.15, 0.2) is 0 Å². The summed E-state index contributed by atoms with van der Waals surface area (Å²) < 4.78 is 64.7. The maximum atomic E-state index is 12.9. The number of benzene rings is 2. The van der Waals surface area contributed by atoms with Crippen LogP contribution in [0.15, 0.2) is 42.5 Å². The van der Waals surface area contributed by atoms with E-state index in [9.17, 15) is 26.4 Å². The van der Waals surface area contributed by atoms with E-state index in [1.54, 1.807) is 32.9 Å². The molecule has 158 valence electrons. The van der Waals surface area contributed by atoms with Crippen LogP contribution >= 0.6 is 0 Å². The summed E-state index contributed by atoms with van der Waals surface area (Å²) in [4.78, 5) is 12.8. The number of hydrogen-bond donors (Lipinski definition) is 1. The van der Waals surface area contributed by atoms with E-state index in [1.807, 2.05) is 6.07 Å². The zero-order valence-corrected chi connectivity index (χ0v) is 17.4. The van der Waals surface area contributed by atoms with Crippen molar-refractivity contribution in [3.8, 4) is 0 Å². The summed E-state index contributed by atoms with van der Waals surface area (Å²) in [6, 6.07) is 8.24. The van der Waals surface area contributed by atoms with Crippen molar-refractivity contribution >= 4 is 27.3 Å². The molecule has 0 aromatic heterocycles. The normalized spacial score (nSPS) is 13.1. The smallest absolute Gasteiger partial charge is 0.324 e. The van der Waals surface area contributed by atoms with Gasteiger partial charge in [-0.25, -0.2) is 8.42 Å². The summed E-state index contributed by atoms with van der Waals surface area (Å²) in [7, 11) is -3.84. The molecule has 0 saturated carbocycles. The Morgan fingerprint density at radius 1 is 1.10 bits per heavy atom. The number of alkyl halides is 3. The number of aryl methyl sites for hydroxylation is 2. The average Bonchev–Trinajstić information content (AvgIpc) is 2.56. The standard InChI is InChI=1S/C20H23F3N2O3S/c1-5-18(19(26)24-16-8-6-7-15(12-16)20(21,22)23)25(29(4,27)28)17-10-13(2)9-14(3)11-17/h6-12,18H,5H2,1-4H3,(H,24,26)/t18-/m1/s1. The molecule has 0 unspecified atom stereocenters. The third-order valence-electron chi connectivity index (χ3n) is 4.25. The Labute approximate surface area is 168 Å². The van der Waals surface area contributed by atoms with E-state index in [2.05, 4.69) is 5.32 Å². The fraction of sp³-hybridized carbons (Fsp3) is 0.350. The number of carbonyl (C=O) groups excluding carboxylic acids is 1. The van der Waals surface area contributed by atoms with E-state index < -0.39 is 33.7 Å². The molecule has 2 aromatic rings. The number of amides is 1. The minimum Gasteiger partial charge on any atom is -0.324 e. The van der Waals surface area contributed by atoms with Crippen LogP contribution in [0.25, 0.3) is 0 Å². The van der Waals surface area contributed by atoms with E-state index in [0.29, 0.717) is 5.69 Å². The molecule has 0 aliphatic rings. The number of rotatable bonds is 6. The van der Waals surface area contributed by atoms with Gasteiger partial charge in [-0.1, -0.05) is 19.1 Å². The minimum atomic E-state index is -4.55. The zero-order valence-electron chi connectivity index (χ0n) is 16.5. The van der Waals surface area contributed by atoms with Gasteiger partial charge in [-0.3, -0.25) is 9.10 Å². The molecule has 29 heavy (non-hydrogen) atoms. The Morgan fingerprint density at radius 3 is 2.17 bits per heavy atom. The zero-order chi connectivity index (χ0) is 22.0. The summed E-state index contributed by atoms with van der Waals surface area (Å²) in [5, 5.41) is 2.41. The summed E-state index contributed by atoms with van der Waals surface area (Å²) in [6.45, 7) is 5.25. The minimum absolute atomic E-state index is 0.0582. The fourth-order valence-corrected chi connectivity index (χ4v) is 4.33. The van der Waals surface area contributed by atoms with Crippen molar-refractivity contribution in [1.82, 2.24) is 0 Å². The SMILES string of the molecule is CC[C@H](C(=O)Nc1cccc(C(F)(F)F)c1)N(c1cc(C)cc(C)c1)S(C)(=O)=O. The Morgan fingerprint density at radius 2 is 1.69 bits per heavy atom. The van der Waals surface area contributed by atoms with E-state index >= 15 is 0 Å². The highest BCUT2D eigenvalue weighted by atomic mass is 32.2. The number of nitrogens with one attached hydrogen (secondary N) is 1. The first-order valence-electron chi connectivity index (χ1n) is 8.88. The van der Waals surface area contributed by atoms with Crippen molar-refractivity contribution in [2.45, 2.75) is 39.4 Å². The topological polar surface area (TPSA) is 66.5 Å². The van der Waals surface area contributed by atoms with E-state index in [4.69, 9.17) is 0 Å². The molecule has 5 nitrogen and oxygen atoms in total. The maximum Gasteiger partial charge on any atom is 0.416 e. The lowest BCUT2D eigenvalue weighted by atomic mass is 10.1. The van der Waals surface area contributed by atoms with Crippen molar-refractivity contribution in [2.75, 3.05) is 15.9 Å². The van der Waals surface area contributed by atoms with Crippen LogP contribution in [0.5, 0.6) is 0 Å². The van der Waals surface area contributed by atoms with Crippen LogP contribution in [-0.2, 0) is 21.0 Å². The first-order chi connectivity index (χ1) is 13.3. The van der Waals surface area contributed by atoms with Gasteiger partial charge in [-0.2, -0.15) is 13.2 Å². The van der Waals surface area contributed by atoms with E-state index in [-0.39, 0.29) is 12.1 Å². The van der Waals surface area contributed by atoms with Crippen LogP contribution in [0.2, 0.25) is 0 Å². The van der Waals surface area contributed by atoms with Crippen molar-refractivity contribution in [3.05, 3.63) is 59.2 Å². The Hall–Kier alpha value is -2.55. The third-order valence-corrected chi connectivity index (χ3v) is 5.43. The van der Waals surface area contributed by atoms with Crippen molar-refractivity contribution in [3.63, 3.8) is 0 Å². The first-order valence-corrected chi connectivity index (χ1v) is 10.7. The predicted molar refractivity (Wildman–Crippen MR) is 107 cm³/mol. The van der Waals surface area contributed by atoms with Crippen LogP contribution in [0.1, 0.15) is 30.0 Å². The summed E-state index contributed by atoms with van der Waals surface area (Å²) in [5.74, 6) is -0.712. The lowest BCUT2D eigenvalue weighted by Crippen LogP contribution is -2.47. The molecule has 1 atom stereocenters. The van der Waals surface area contributed by atoms with Gasteiger partial charge in [-0.05, 0) is 61.7 Å². The van der Waals surface area contributed by atoms with Crippen LogP contribution < -0.4 is 9.62 Å². The Balaban J connectivity index is 2.42. The van der Waals surface area contributed by atoms with Crippen molar-refractivity contribution in [1.29, 1.82) is 0 Å². The van der Waals surface area contributed by atoms with E-state index in [1.165, 1.54) is 12.1 Å². The molecule has 0 spiro atoms. The van der Waals surface area contributed by atoms with Crippen LogP contribution in [0.3, 0.4) is 0 Å². The third kappa shape index (κ3) is 5.72. The molecule has 1 amide bonds. The van der Waals surface area contributed by atoms with Crippen molar-refractivity contribution < 1.29 is 26.4 Å². The lowest BCUT2D eigenvalue weighted by molar-refractivity contribution is -0.137. The Bertz CT molecular complexity index is 984. The average molecular weight is 428 g/mol. The number of nitrogens with zero attached hydrogens (tertiary/aromatic N) is 1. The number of sulfonamides is 1. The van der Waals surface area contributed by atoms with Gasteiger partial charge in [-0.15, -0.1) is 0 Å². The molecule has 9 heteroatoms. The van der Waals surface area contributed by atoms with Gasteiger partial charge >= 0.3 is 6.18 Å². The van der Waals surface area contributed by atoms with Gasteiger partial charge in [0.1, 0.15) is 6.04 Å². The molecule has 0 aliphatic heterocycles. The van der Waals surface area contributed by atoms with Crippen molar-refractivity contribution in [2.24, 2.45) is 0 Å². The molecule has 2 aromatic carbocycles. The molecule has 2 rings (SSSR count). The highest BCUT2D eigenvalue weighted by Gasteiger charge is 2.33. The maximum absolute atomic E-state index is 12.9. The highest BCUT2D eigenvalue weighted by Crippen LogP contribution is 2.31. The second-order valence-electron chi connectivity index (χ2n) is 6.90. The van der Waals surface area contributed by atoms with Crippen LogP contribution in [0, 0.1) is 13.8 Å². The number of halogens is 3. The second-order valence-corrected chi connectivity index (χ2v) is 8.76. The van der Waals surface area contributed by atoms with Gasteiger partial charge < -0.3 is 5.32 Å². The van der Waals surface area contributed by atoms with E-state index in [0.717, 1.165) is 33.8 Å². The first kappa shape index (κ1) is 22.7. The monoisotopic (exact) mass is 428 g/mol. The number of hydrogen-bond acceptors (Lipinski definition) is 3. The largest absolute Gasteiger partial charge is 0.416 e. The van der Waals surface area contributed by atoms with Gasteiger partial charge in [0.05, 0.1) is 17.5 Å². The molecule has 0 radical (unpaired) electrons. The number of anilines is 2. The molecule has 0 fully saturated rings. The quantitative estimate of drug-likeness (QED) is 0.737. The molecule has 0 aliphatic carbocycles. The fourth-order valence-electron chi connectivity index (χ4n) is 3.14. The number of carbonyl (C=O) groups is 1. The molecule has 1 N–H and O–H groups in total. The van der Waals surface area contributed by atoms with Gasteiger partial charge in [0.2, 0.25) is 15.9 Å². The lowest BCUT2D eigenvalue weighted by Gasteiger charge is -2.30. The molecular formula is C20H23F3N2O3S. The molecule has 0 heterocycles. The predicted octanol–water partition coefficient (Wildman–Crippen LogP) is 4.51. The van der Waals surface area contributed by atoms with Crippen LogP contribution in [-0.4, -0.2) is 26.6 Å².